The molecule has 0 fully saturated rings. The van der Waals surface area contributed by atoms with Gasteiger partial charge in [0.05, 0.1) is 6.54 Å². The van der Waals surface area contributed by atoms with E-state index in [1.807, 2.05) is 42.2 Å². The van der Waals surface area contributed by atoms with Crippen LogP contribution in [0.3, 0.4) is 0 Å². The maximum absolute atomic E-state index is 11.3. The highest BCUT2D eigenvalue weighted by Gasteiger charge is 2.12. The Morgan fingerprint density at radius 2 is 1.95 bits per heavy atom. The summed E-state index contributed by atoms with van der Waals surface area (Å²) in [5.41, 5.74) is 14.8. The number of carbonyl (C=O) groups is 1. The van der Waals surface area contributed by atoms with Crippen molar-refractivity contribution in [3.63, 3.8) is 0 Å². The van der Waals surface area contributed by atoms with Gasteiger partial charge in [-0.1, -0.05) is 12.1 Å². The fourth-order valence-electron chi connectivity index (χ4n) is 2.08. The van der Waals surface area contributed by atoms with E-state index in [1.165, 1.54) is 0 Å². The summed E-state index contributed by atoms with van der Waals surface area (Å²) in [7, 11) is 0. The van der Waals surface area contributed by atoms with Gasteiger partial charge in [0.25, 0.3) is 0 Å². The molecule has 1 amide bonds. The van der Waals surface area contributed by atoms with E-state index < -0.39 is 0 Å². The molecule has 0 unspecified atom stereocenters. The minimum absolute atomic E-state index is 0.162. The molecular formula is C15H18N4O. The number of carbonyl (C=O) groups excluding carboxylic acids is 1. The molecule has 0 saturated carbocycles. The summed E-state index contributed by atoms with van der Waals surface area (Å²) in [5, 5.41) is 0. The Hall–Kier alpha value is -2.56. The lowest BCUT2D eigenvalue weighted by Crippen LogP contribution is -2.33. The van der Waals surface area contributed by atoms with Crippen LogP contribution in [-0.4, -0.2) is 17.4 Å². The third-order valence-electron chi connectivity index (χ3n) is 3.03. The molecule has 104 valence electrons. The van der Waals surface area contributed by atoms with E-state index in [1.54, 1.807) is 12.4 Å². The SMILES string of the molecule is Cc1cnccc1N(CC(N)=O)Cc1ccc(N)cc1. The monoisotopic (exact) mass is 270 g/mol. The zero-order chi connectivity index (χ0) is 14.5. The summed E-state index contributed by atoms with van der Waals surface area (Å²) in [6, 6.07) is 9.46. The number of pyridine rings is 1. The second-order valence-electron chi connectivity index (χ2n) is 4.73. The van der Waals surface area contributed by atoms with Crippen LogP contribution in [0.5, 0.6) is 0 Å². The average Bonchev–Trinajstić information content (AvgIpc) is 2.41. The molecule has 1 aromatic carbocycles. The highest BCUT2D eigenvalue weighted by molar-refractivity contribution is 5.79. The van der Waals surface area contributed by atoms with E-state index in [0.717, 1.165) is 22.5 Å². The molecule has 1 heterocycles. The second-order valence-corrected chi connectivity index (χ2v) is 4.73. The molecule has 2 rings (SSSR count). The lowest BCUT2D eigenvalue weighted by Gasteiger charge is -2.25. The summed E-state index contributed by atoms with van der Waals surface area (Å²) < 4.78 is 0. The van der Waals surface area contributed by atoms with Crippen molar-refractivity contribution in [1.29, 1.82) is 0 Å². The Balaban J connectivity index is 2.26. The van der Waals surface area contributed by atoms with Crippen LogP contribution in [0.15, 0.2) is 42.7 Å². The Labute approximate surface area is 118 Å². The normalized spacial score (nSPS) is 10.2. The molecule has 0 saturated heterocycles. The zero-order valence-corrected chi connectivity index (χ0v) is 11.4. The van der Waals surface area contributed by atoms with Crippen LogP contribution in [0.2, 0.25) is 0 Å². The molecule has 0 aliphatic carbocycles. The minimum Gasteiger partial charge on any atom is -0.399 e. The standard InChI is InChI=1S/C15H18N4O/c1-11-8-18-7-6-14(11)19(10-15(17)20)9-12-2-4-13(16)5-3-12/h2-8H,9-10,16H2,1H3,(H2,17,20). The number of nitrogens with zero attached hydrogens (tertiary/aromatic N) is 2. The molecule has 0 aliphatic heterocycles. The van der Waals surface area contributed by atoms with E-state index in [9.17, 15) is 4.79 Å². The van der Waals surface area contributed by atoms with E-state index in [2.05, 4.69) is 4.98 Å². The second kappa shape index (κ2) is 6.06. The molecule has 0 aliphatic rings. The molecule has 1 aromatic heterocycles. The number of hydrogen-bond acceptors (Lipinski definition) is 4. The highest BCUT2D eigenvalue weighted by atomic mass is 16.1. The largest absolute Gasteiger partial charge is 0.399 e. The topological polar surface area (TPSA) is 85.2 Å². The van der Waals surface area contributed by atoms with Crippen molar-refractivity contribution in [3.05, 3.63) is 53.9 Å². The number of nitrogens with two attached hydrogens (primary N) is 2. The Morgan fingerprint density at radius 1 is 1.25 bits per heavy atom. The molecule has 0 atom stereocenters. The predicted molar refractivity (Wildman–Crippen MR) is 80.1 cm³/mol. The maximum atomic E-state index is 11.3. The molecule has 5 nitrogen and oxygen atoms in total. The number of aryl methyl sites for hydroxylation is 1. The van der Waals surface area contributed by atoms with Crippen molar-refractivity contribution in [2.24, 2.45) is 5.73 Å². The average molecular weight is 270 g/mol. The Bertz CT molecular complexity index is 595. The number of anilines is 2. The van der Waals surface area contributed by atoms with Gasteiger partial charge in [-0.25, -0.2) is 0 Å². The maximum Gasteiger partial charge on any atom is 0.236 e. The van der Waals surface area contributed by atoms with Gasteiger partial charge in [-0.3, -0.25) is 9.78 Å². The molecule has 0 bridgehead atoms. The fourth-order valence-corrected chi connectivity index (χ4v) is 2.08. The summed E-state index contributed by atoms with van der Waals surface area (Å²) in [4.78, 5) is 17.3. The van der Waals surface area contributed by atoms with Crippen molar-refractivity contribution in [1.82, 2.24) is 4.98 Å². The van der Waals surface area contributed by atoms with Crippen LogP contribution in [0.4, 0.5) is 11.4 Å². The summed E-state index contributed by atoms with van der Waals surface area (Å²) in [6.07, 6.45) is 3.48. The lowest BCUT2D eigenvalue weighted by molar-refractivity contribution is -0.116. The first-order valence-electron chi connectivity index (χ1n) is 6.34. The number of nitrogen functional groups attached to an aromatic ring is 1. The van der Waals surface area contributed by atoms with Crippen LogP contribution in [-0.2, 0) is 11.3 Å². The van der Waals surface area contributed by atoms with E-state index in [0.29, 0.717) is 6.54 Å². The van der Waals surface area contributed by atoms with Gasteiger partial charge in [-0.2, -0.15) is 0 Å². The van der Waals surface area contributed by atoms with Crippen LogP contribution in [0.1, 0.15) is 11.1 Å². The van der Waals surface area contributed by atoms with Crippen molar-refractivity contribution >= 4 is 17.3 Å². The third kappa shape index (κ3) is 3.47. The van der Waals surface area contributed by atoms with Crippen molar-refractivity contribution < 1.29 is 4.79 Å². The van der Waals surface area contributed by atoms with E-state index in [4.69, 9.17) is 11.5 Å². The van der Waals surface area contributed by atoms with Gasteiger partial charge in [0.2, 0.25) is 5.91 Å². The van der Waals surface area contributed by atoms with Gasteiger partial charge in [-0.15, -0.1) is 0 Å². The van der Waals surface area contributed by atoms with Crippen LogP contribution >= 0.6 is 0 Å². The number of hydrogen-bond donors (Lipinski definition) is 2. The predicted octanol–water partition coefficient (Wildman–Crippen LogP) is 1.46. The van der Waals surface area contributed by atoms with Gasteiger partial charge in [0, 0.05) is 30.3 Å². The smallest absolute Gasteiger partial charge is 0.236 e. The molecule has 5 heteroatoms. The van der Waals surface area contributed by atoms with Crippen LogP contribution < -0.4 is 16.4 Å². The zero-order valence-electron chi connectivity index (χ0n) is 11.4. The Kier molecular flexibility index (Phi) is 4.20. The molecule has 0 radical (unpaired) electrons. The first-order valence-corrected chi connectivity index (χ1v) is 6.34. The van der Waals surface area contributed by atoms with Crippen molar-refractivity contribution in [2.45, 2.75) is 13.5 Å². The van der Waals surface area contributed by atoms with Gasteiger partial charge in [0.15, 0.2) is 0 Å². The van der Waals surface area contributed by atoms with Crippen molar-refractivity contribution in [2.75, 3.05) is 17.2 Å². The van der Waals surface area contributed by atoms with Crippen molar-refractivity contribution in [3.8, 4) is 0 Å². The molecule has 0 spiro atoms. The number of aromatic nitrogens is 1. The van der Waals surface area contributed by atoms with E-state index in [-0.39, 0.29) is 12.5 Å². The summed E-state index contributed by atoms with van der Waals surface area (Å²) >= 11 is 0. The summed E-state index contributed by atoms with van der Waals surface area (Å²) in [5.74, 6) is -0.364. The minimum atomic E-state index is -0.364. The first kappa shape index (κ1) is 13.9. The third-order valence-corrected chi connectivity index (χ3v) is 3.03. The molecule has 2 aromatic rings. The molecular weight excluding hydrogens is 252 g/mol. The molecule has 20 heavy (non-hydrogen) atoms. The highest BCUT2D eigenvalue weighted by Crippen LogP contribution is 2.20. The quantitative estimate of drug-likeness (QED) is 0.805. The summed E-state index contributed by atoms with van der Waals surface area (Å²) in [6.45, 7) is 2.71. The van der Waals surface area contributed by atoms with Crippen LogP contribution in [0.25, 0.3) is 0 Å². The number of amides is 1. The first-order chi connectivity index (χ1) is 9.56. The van der Waals surface area contributed by atoms with Gasteiger partial charge >= 0.3 is 0 Å². The fraction of sp³-hybridized carbons (Fsp3) is 0.200. The van der Waals surface area contributed by atoms with Gasteiger partial charge in [-0.05, 0) is 36.2 Å². The van der Waals surface area contributed by atoms with Crippen LogP contribution in [0, 0.1) is 6.92 Å². The number of rotatable bonds is 5. The Morgan fingerprint density at radius 3 is 2.55 bits per heavy atom. The lowest BCUT2D eigenvalue weighted by atomic mass is 10.1. The van der Waals surface area contributed by atoms with Gasteiger partial charge < -0.3 is 16.4 Å². The van der Waals surface area contributed by atoms with E-state index >= 15 is 0 Å². The number of benzene rings is 1. The molecule has 4 N–H and O–H groups in total. The number of primary amides is 1. The van der Waals surface area contributed by atoms with Gasteiger partial charge in [0.1, 0.15) is 0 Å².